The van der Waals surface area contributed by atoms with E-state index in [1.807, 2.05) is 24.3 Å². The molecule has 1 aromatic carbocycles. The van der Waals surface area contributed by atoms with Crippen LogP contribution < -0.4 is 10.0 Å². The first-order valence-electron chi connectivity index (χ1n) is 3.63. The molecule has 1 aliphatic heterocycles. The maximum absolute atomic E-state index is 11.3. The second-order valence-electron chi connectivity index (χ2n) is 2.44. The van der Waals surface area contributed by atoms with Crippen LogP contribution in [0.25, 0.3) is 0 Å². The first-order chi connectivity index (χ1) is 5.88. The van der Waals surface area contributed by atoms with Crippen LogP contribution in [0.15, 0.2) is 24.3 Å². The molecule has 0 saturated carbocycles. The summed E-state index contributed by atoms with van der Waals surface area (Å²) in [5.74, 6) is 0.684. The maximum atomic E-state index is 11.3. The van der Waals surface area contributed by atoms with Crippen molar-refractivity contribution in [2.75, 3.05) is 11.2 Å². The molecule has 0 bridgehead atoms. The third kappa shape index (κ3) is 1.25. The monoisotopic (exact) mass is 180 g/mol. The van der Waals surface area contributed by atoms with Crippen LogP contribution >= 0.6 is 11.9 Å². The molecule has 1 heterocycles. The predicted molar refractivity (Wildman–Crippen MR) is 50.0 cm³/mol. The molecule has 0 aliphatic carbocycles. The van der Waals surface area contributed by atoms with Crippen molar-refractivity contribution in [1.82, 2.24) is 4.72 Å². The molecule has 1 amide bonds. The van der Waals surface area contributed by atoms with E-state index < -0.39 is 0 Å². The number of nitrogens with one attached hydrogen (secondary N) is 2. The first-order valence-corrected chi connectivity index (χ1v) is 4.61. The van der Waals surface area contributed by atoms with E-state index in [0.717, 1.165) is 5.69 Å². The van der Waals surface area contributed by atoms with Crippen LogP contribution in [0.1, 0.15) is 10.4 Å². The number of rotatable bonds is 0. The highest BCUT2D eigenvalue weighted by molar-refractivity contribution is 7.98. The second kappa shape index (κ2) is 3.06. The quantitative estimate of drug-likeness (QED) is 0.594. The van der Waals surface area contributed by atoms with Gasteiger partial charge in [0.15, 0.2) is 0 Å². The zero-order valence-corrected chi connectivity index (χ0v) is 7.15. The molecule has 1 aromatic rings. The Kier molecular flexibility index (Phi) is 1.91. The van der Waals surface area contributed by atoms with Crippen molar-refractivity contribution in [3.8, 4) is 0 Å². The van der Waals surface area contributed by atoms with Crippen molar-refractivity contribution in [2.24, 2.45) is 0 Å². The van der Waals surface area contributed by atoms with Crippen molar-refractivity contribution in [1.29, 1.82) is 0 Å². The minimum absolute atomic E-state index is 0.0272. The largest absolute Gasteiger partial charge is 0.374 e. The minimum atomic E-state index is -0.0272. The van der Waals surface area contributed by atoms with Gasteiger partial charge in [0.05, 0.1) is 11.4 Å². The molecule has 0 spiro atoms. The predicted octanol–water partition coefficient (Wildman–Crippen LogP) is 1.45. The van der Waals surface area contributed by atoms with Gasteiger partial charge in [0.25, 0.3) is 5.91 Å². The van der Waals surface area contributed by atoms with Crippen LogP contribution in [-0.4, -0.2) is 11.8 Å². The van der Waals surface area contributed by atoms with Crippen molar-refractivity contribution in [2.45, 2.75) is 0 Å². The fourth-order valence-corrected chi connectivity index (χ4v) is 1.65. The summed E-state index contributed by atoms with van der Waals surface area (Å²) < 4.78 is 2.72. The van der Waals surface area contributed by atoms with Crippen molar-refractivity contribution in [3.05, 3.63) is 29.8 Å². The summed E-state index contributed by atoms with van der Waals surface area (Å²) in [4.78, 5) is 11.3. The molecule has 12 heavy (non-hydrogen) atoms. The van der Waals surface area contributed by atoms with Crippen LogP contribution in [0, 0.1) is 0 Å². The highest BCUT2D eigenvalue weighted by atomic mass is 32.2. The Balaban J connectivity index is 2.46. The second-order valence-corrected chi connectivity index (χ2v) is 3.22. The van der Waals surface area contributed by atoms with Crippen LogP contribution in [0.3, 0.4) is 0 Å². The molecule has 1 aliphatic rings. The SMILES string of the molecule is O=C1NSCNc2ccccc21. The standard InChI is InChI=1S/C8H8N2OS/c11-8-6-3-1-2-4-7(6)9-5-12-10-8/h1-4,9H,5H2,(H,10,11). The topological polar surface area (TPSA) is 41.1 Å². The van der Waals surface area contributed by atoms with Gasteiger partial charge in [-0.05, 0) is 24.1 Å². The third-order valence-electron chi connectivity index (χ3n) is 1.67. The first kappa shape index (κ1) is 7.49. The van der Waals surface area contributed by atoms with E-state index in [4.69, 9.17) is 0 Å². The molecule has 0 atom stereocenters. The number of hydrogen-bond donors (Lipinski definition) is 2. The zero-order valence-electron chi connectivity index (χ0n) is 6.33. The average molecular weight is 180 g/mol. The Bertz CT molecular complexity index is 314. The van der Waals surface area contributed by atoms with Crippen LogP contribution in [0.4, 0.5) is 5.69 Å². The van der Waals surface area contributed by atoms with Crippen molar-refractivity contribution < 1.29 is 4.79 Å². The molecule has 2 N–H and O–H groups in total. The fourth-order valence-electron chi connectivity index (χ4n) is 1.11. The molecular formula is C8H8N2OS. The lowest BCUT2D eigenvalue weighted by Gasteiger charge is -2.02. The summed E-state index contributed by atoms with van der Waals surface area (Å²) in [5.41, 5.74) is 1.61. The molecule has 0 saturated heterocycles. The number of carbonyl (C=O) groups is 1. The highest BCUT2D eigenvalue weighted by Crippen LogP contribution is 2.18. The summed E-state index contributed by atoms with van der Waals surface area (Å²) in [6.07, 6.45) is 0. The summed E-state index contributed by atoms with van der Waals surface area (Å²) in [6.45, 7) is 0. The molecule has 0 fully saturated rings. The van der Waals surface area contributed by atoms with Gasteiger partial charge in [0.1, 0.15) is 0 Å². The Morgan fingerprint density at radius 1 is 1.33 bits per heavy atom. The molecule has 3 nitrogen and oxygen atoms in total. The number of fused-ring (bicyclic) bond motifs is 1. The minimum Gasteiger partial charge on any atom is -0.374 e. The fraction of sp³-hybridized carbons (Fsp3) is 0.125. The van der Waals surface area contributed by atoms with Gasteiger partial charge in [-0.15, -0.1) is 0 Å². The van der Waals surface area contributed by atoms with Crippen LogP contribution in [-0.2, 0) is 0 Å². The lowest BCUT2D eigenvalue weighted by Crippen LogP contribution is -2.13. The molecule has 0 aromatic heterocycles. The van der Waals surface area contributed by atoms with Crippen molar-refractivity contribution >= 4 is 23.5 Å². The van der Waals surface area contributed by atoms with E-state index in [2.05, 4.69) is 10.0 Å². The highest BCUT2D eigenvalue weighted by Gasteiger charge is 2.13. The third-order valence-corrected chi connectivity index (χ3v) is 2.29. The molecule has 4 heteroatoms. The smallest absolute Gasteiger partial charge is 0.263 e. The Morgan fingerprint density at radius 3 is 3.08 bits per heavy atom. The van der Waals surface area contributed by atoms with E-state index in [1.54, 1.807) is 0 Å². The Morgan fingerprint density at radius 2 is 2.17 bits per heavy atom. The van der Waals surface area contributed by atoms with Crippen molar-refractivity contribution in [3.63, 3.8) is 0 Å². The van der Waals surface area contributed by atoms with Gasteiger partial charge in [-0.2, -0.15) is 0 Å². The average Bonchev–Trinajstić information content (AvgIpc) is 2.29. The van der Waals surface area contributed by atoms with E-state index in [9.17, 15) is 4.79 Å². The number of anilines is 1. The number of para-hydroxylation sites is 1. The molecule has 62 valence electrons. The maximum Gasteiger partial charge on any atom is 0.263 e. The molecular weight excluding hydrogens is 172 g/mol. The number of hydrogen-bond acceptors (Lipinski definition) is 3. The van der Waals surface area contributed by atoms with Gasteiger partial charge >= 0.3 is 0 Å². The van der Waals surface area contributed by atoms with Gasteiger partial charge in [-0.1, -0.05) is 12.1 Å². The Labute approximate surface area is 74.7 Å². The van der Waals surface area contributed by atoms with E-state index in [1.165, 1.54) is 11.9 Å². The van der Waals surface area contributed by atoms with Gasteiger partial charge in [-0.3, -0.25) is 9.52 Å². The van der Waals surface area contributed by atoms with E-state index >= 15 is 0 Å². The number of benzene rings is 1. The lowest BCUT2D eigenvalue weighted by molar-refractivity contribution is 0.0986. The zero-order chi connectivity index (χ0) is 8.39. The van der Waals surface area contributed by atoms with E-state index in [-0.39, 0.29) is 5.91 Å². The summed E-state index contributed by atoms with van der Waals surface area (Å²) in [5, 5.41) is 3.14. The summed E-state index contributed by atoms with van der Waals surface area (Å²) >= 11 is 1.37. The van der Waals surface area contributed by atoms with Gasteiger partial charge in [-0.25, -0.2) is 0 Å². The molecule has 2 rings (SSSR count). The normalized spacial score (nSPS) is 15.5. The lowest BCUT2D eigenvalue weighted by atomic mass is 10.2. The van der Waals surface area contributed by atoms with Gasteiger partial charge in [0, 0.05) is 5.69 Å². The van der Waals surface area contributed by atoms with Crippen LogP contribution in [0.5, 0.6) is 0 Å². The molecule has 0 radical (unpaired) electrons. The Hall–Kier alpha value is -1.16. The number of carbonyl (C=O) groups excluding carboxylic acids is 1. The number of amides is 1. The van der Waals surface area contributed by atoms with E-state index in [0.29, 0.717) is 11.4 Å². The summed E-state index contributed by atoms with van der Waals surface area (Å²) in [6, 6.07) is 7.48. The molecule has 0 unspecified atom stereocenters. The van der Waals surface area contributed by atoms with Gasteiger partial charge in [0.2, 0.25) is 0 Å². The van der Waals surface area contributed by atoms with Gasteiger partial charge < -0.3 is 5.32 Å². The van der Waals surface area contributed by atoms with Crippen LogP contribution in [0.2, 0.25) is 0 Å². The summed E-state index contributed by atoms with van der Waals surface area (Å²) in [7, 11) is 0.